The van der Waals surface area contributed by atoms with Gasteiger partial charge in [-0.2, -0.15) is 0 Å². The third-order valence-corrected chi connectivity index (χ3v) is 2.24. The number of cyclic esters (lactones) is 1. The standard InChI is InChI=1S/C10H10N2O5/c13-10-11-7(6-17-10)5-16-9-4-2-1-3-8(9)12(14)15/h1-4,7H,5-6H2,(H,11,13). The summed E-state index contributed by atoms with van der Waals surface area (Å²) in [6.07, 6.45) is -0.499. The van der Waals surface area contributed by atoms with Gasteiger partial charge in [0.15, 0.2) is 5.75 Å². The van der Waals surface area contributed by atoms with Crippen LogP contribution in [0.2, 0.25) is 0 Å². The van der Waals surface area contributed by atoms with Crippen molar-refractivity contribution in [3.05, 3.63) is 34.4 Å². The number of hydrogen-bond donors (Lipinski definition) is 1. The summed E-state index contributed by atoms with van der Waals surface area (Å²) in [5.41, 5.74) is -0.0993. The van der Waals surface area contributed by atoms with Gasteiger partial charge in [-0.15, -0.1) is 0 Å². The lowest BCUT2D eigenvalue weighted by Gasteiger charge is -2.09. The van der Waals surface area contributed by atoms with Crippen LogP contribution in [0.3, 0.4) is 0 Å². The minimum absolute atomic E-state index is 0.0993. The van der Waals surface area contributed by atoms with Crippen LogP contribution in [-0.4, -0.2) is 30.3 Å². The Hall–Kier alpha value is -2.31. The molecule has 1 saturated heterocycles. The molecular weight excluding hydrogens is 228 g/mol. The second-order valence-electron chi connectivity index (χ2n) is 3.48. The van der Waals surface area contributed by atoms with Gasteiger partial charge >= 0.3 is 11.8 Å². The maximum atomic E-state index is 10.7. The molecule has 0 bridgehead atoms. The predicted molar refractivity (Wildman–Crippen MR) is 56.9 cm³/mol. The molecule has 1 atom stereocenters. The van der Waals surface area contributed by atoms with Crippen molar-refractivity contribution in [3.63, 3.8) is 0 Å². The number of benzene rings is 1. The van der Waals surface area contributed by atoms with Crippen LogP contribution in [0.1, 0.15) is 0 Å². The Morgan fingerprint density at radius 3 is 2.94 bits per heavy atom. The molecule has 1 aliphatic rings. The number of amides is 1. The number of nitro groups is 1. The molecule has 1 N–H and O–H groups in total. The first kappa shape index (κ1) is 11.2. The summed E-state index contributed by atoms with van der Waals surface area (Å²) in [4.78, 5) is 20.9. The zero-order valence-electron chi connectivity index (χ0n) is 8.79. The maximum absolute atomic E-state index is 10.7. The first-order chi connectivity index (χ1) is 8.16. The van der Waals surface area contributed by atoms with Crippen molar-refractivity contribution in [2.45, 2.75) is 6.04 Å². The molecule has 0 aromatic heterocycles. The quantitative estimate of drug-likeness (QED) is 0.626. The van der Waals surface area contributed by atoms with Crippen LogP contribution in [0.5, 0.6) is 5.75 Å². The lowest BCUT2D eigenvalue weighted by molar-refractivity contribution is -0.385. The summed E-state index contributed by atoms with van der Waals surface area (Å²) in [6.45, 7) is 0.343. The molecule has 1 aromatic carbocycles. The Kier molecular flexibility index (Phi) is 3.08. The fourth-order valence-electron chi connectivity index (χ4n) is 1.44. The van der Waals surface area contributed by atoms with E-state index in [0.717, 1.165) is 0 Å². The highest BCUT2D eigenvalue weighted by Gasteiger charge is 2.23. The van der Waals surface area contributed by atoms with Crippen LogP contribution in [0, 0.1) is 10.1 Å². The average Bonchev–Trinajstić information content (AvgIpc) is 2.73. The molecule has 1 aromatic rings. The van der Waals surface area contributed by atoms with Gasteiger partial charge in [0.1, 0.15) is 19.3 Å². The molecule has 1 fully saturated rings. The number of ether oxygens (including phenoxy) is 2. The lowest BCUT2D eigenvalue weighted by Crippen LogP contribution is -2.32. The van der Waals surface area contributed by atoms with Crippen LogP contribution in [0.15, 0.2) is 24.3 Å². The molecule has 0 saturated carbocycles. The van der Waals surface area contributed by atoms with E-state index >= 15 is 0 Å². The van der Waals surface area contributed by atoms with Gasteiger partial charge in [-0.3, -0.25) is 10.1 Å². The van der Waals surface area contributed by atoms with E-state index in [1.807, 2.05) is 0 Å². The Bertz CT molecular complexity index is 448. The molecule has 0 aliphatic carbocycles. The molecule has 7 heteroatoms. The summed E-state index contributed by atoms with van der Waals surface area (Å²) >= 11 is 0. The predicted octanol–water partition coefficient (Wildman–Crippen LogP) is 1.08. The smallest absolute Gasteiger partial charge is 0.407 e. The molecule has 0 spiro atoms. The van der Waals surface area contributed by atoms with E-state index < -0.39 is 11.0 Å². The molecule has 1 heterocycles. The molecule has 2 rings (SSSR count). The molecule has 17 heavy (non-hydrogen) atoms. The van der Waals surface area contributed by atoms with Gasteiger partial charge in [-0.1, -0.05) is 12.1 Å². The number of alkyl carbamates (subject to hydrolysis) is 1. The SMILES string of the molecule is O=C1NC(COc2ccccc2[N+](=O)[O-])CO1. The molecule has 1 aliphatic heterocycles. The maximum Gasteiger partial charge on any atom is 0.407 e. The highest BCUT2D eigenvalue weighted by molar-refractivity contribution is 5.69. The van der Waals surface area contributed by atoms with Crippen molar-refractivity contribution in [3.8, 4) is 5.75 Å². The van der Waals surface area contributed by atoms with E-state index in [1.54, 1.807) is 12.1 Å². The van der Waals surface area contributed by atoms with Gasteiger partial charge in [0.05, 0.1) is 4.92 Å². The van der Waals surface area contributed by atoms with Crippen molar-refractivity contribution in [1.82, 2.24) is 5.32 Å². The third-order valence-electron chi connectivity index (χ3n) is 2.24. The minimum atomic E-state index is -0.515. The van der Waals surface area contributed by atoms with Crippen LogP contribution in [-0.2, 0) is 4.74 Å². The van der Waals surface area contributed by atoms with E-state index in [4.69, 9.17) is 4.74 Å². The van der Waals surface area contributed by atoms with Crippen LogP contribution < -0.4 is 10.1 Å². The number of nitro benzene ring substituents is 1. The minimum Gasteiger partial charge on any atom is -0.484 e. The molecule has 7 nitrogen and oxygen atoms in total. The lowest BCUT2D eigenvalue weighted by atomic mass is 10.3. The molecule has 1 unspecified atom stereocenters. The number of carbonyl (C=O) groups excluding carboxylic acids is 1. The third kappa shape index (κ3) is 2.63. The van der Waals surface area contributed by atoms with Gasteiger partial charge < -0.3 is 14.8 Å². The summed E-state index contributed by atoms with van der Waals surface area (Å²) in [6, 6.07) is 5.80. The topological polar surface area (TPSA) is 90.7 Å². The fraction of sp³-hybridized carbons (Fsp3) is 0.300. The van der Waals surface area contributed by atoms with Crippen LogP contribution >= 0.6 is 0 Å². The van der Waals surface area contributed by atoms with Crippen molar-refractivity contribution >= 4 is 11.8 Å². The number of nitrogens with one attached hydrogen (secondary N) is 1. The summed E-state index contributed by atoms with van der Waals surface area (Å²) in [5, 5.41) is 13.2. The van der Waals surface area contributed by atoms with E-state index in [1.165, 1.54) is 12.1 Å². The normalized spacial score (nSPS) is 18.4. The largest absolute Gasteiger partial charge is 0.484 e. The number of hydrogen-bond acceptors (Lipinski definition) is 5. The number of carbonyl (C=O) groups is 1. The number of para-hydroxylation sites is 2. The Labute approximate surface area is 96.5 Å². The summed E-state index contributed by atoms with van der Waals surface area (Å²) in [7, 11) is 0. The molecular formula is C10H10N2O5. The van der Waals surface area contributed by atoms with E-state index in [0.29, 0.717) is 0 Å². The van der Waals surface area contributed by atoms with E-state index in [9.17, 15) is 14.9 Å². The Balaban J connectivity index is 1.99. The van der Waals surface area contributed by atoms with Gasteiger partial charge in [0.25, 0.3) is 0 Å². The van der Waals surface area contributed by atoms with Crippen LogP contribution in [0.25, 0.3) is 0 Å². The Morgan fingerprint density at radius 1 is 1.53 bits per heavy atom. The second-order valence-corrected chi connectivity index (χ2v) is 3.48. The van der Waals surface area contributed by atoms with Gasteiger partial charge in [-0.25, -0.2) is 4.79 Å². The van der Waals surface area contributed by atoms with E-state index in [-0.39, 0.29) is 30.7 Å². The summed E-state index contributed by atoms with van der Waals surface area (Å²) in [5.74, 6) is 0.179. The van der Waals surface area contributed by atoms with Crippen molar-refractivity contribution in [2.24, 2.45) is 0 Å². The van der Waals surface area contributed by atoms with Crippen molar-refractivity contribution in [1.29, 1.82) is 0 Å². The fourth-order valence-corrected chi connectivity index (χ4v) is 1.44. The number of rotatable bonds is 4. The van der Waals surface area contributed by atoms with Gasteiger partial charge in [0.2, 0.25) is 0 Å². The molecule has 90 valence electrons. The van der Waals surface area contributed by atoms with Crippen molar-refractivity contribution in [2.75, 3.05) is 13.2 Å². The zero-order chi connectivity index (χ0) is 12.3. The molecule has 1 amide bonds. The van der Waals surface area contributed by atoms with E-state index in [2.05, 4.69) is 10.1 Å². The second kappa shape index (κ2) is 4.69. The van der Waals surface area contributed by atoms with Gasteiger partial charge in [0, 0.05) is 6.07 Å². The Morgan fingerprint density at radius 2 is 2.29 bits per heavy atom. The monoisotopic (exact) mass is 238 g/mol. The van der Waals surface area contributed by atoms with Crippen LogP contribution in [0.4, 0.5) is 10.5 Å². The number of nitrogens with zero attached hydrogens (tertiary/aromatic N) is 1. The molecule has 0 radical (unpaired) electrons. The zero-order valence-corrected chi connectivity index (χ0v) is 8.79. The first-order valence-electron chi connectivity index (χ1n) is 4.96. The highest BCUT2D eigenvalue weighted by Crippen LogP contribution is 2.25. The van der Waals surface area contributed by atoms with Crippen molar-refractivity contribution < 1.29 is 19.2 Å². The first-order valence-corrected chi connectivity index (χ1v) is 4.96. The average molecular weight is 238 g/mol. The van der Waals surface area contributed by atoms with Gasteiger partial charge in [-0.05, 0) is 6.07 Å². The summed E-state index contributed by atoms with van der Waals surface area (Å²) < 4.78 is 9.96. The highest BCUT2D eigenvalue weighted by atomic mass is 16.6.